The maximum atomic E-state index is 13.3. The molecule has 0 aromatic heterocycles. The molecule has 1 aromatic rings. The van der Waals surface area contributed by atoms with Gasteiger partial charge in [-0.2, -0.15) is 5.26 Å². The minimum Gasteiger partial charge on any atom is -0.322 e. The van der Waals surface area contributed by atoms with Crippen molar-refractivity contribution in [2.24, 2.45) is 11.8 Å². The van der Waals surface area contributed by atoms with Crippen LogP contribution in [0.5, 0.6) is 0 Å². The van der Waals surface area contributed by atoms with E-state index in [4.69, 9.17) is 5.26 Å². The highest BCUT2D eigenvalue weighted by Gasteiger charge is 2.22. The summed E-state index contributed by atoms with van der Waals surface area (Å²) in [5.74, 6) is -3.89. The van der Waals surface area contributed by atoms with Gasteiger partial charge in [-0.05, 0) is 18.1 Å². The van der Waals surface area contributed by atoms with E-state index in [1.807, 2.05) is 6.07 Å². The topological polar surface area (TPSA) is 52.9 Å². The number of nitriles is 1. The van der Waals surface area contributed by atoms with Crippen molar-refractivity contribution in [3.63, 3.8) is 0 Å². The van der Waals surface area contributed by atoms with Crippen molar-refractivity contribution >= 4 is 11.6 Å². The fourth-order valence-corrected chi connectivity index (χ4v) is 1.32. The molecule has 0 aliphatic carbocycles. The van der Waals surface area contributed by atoms with Gasteiger partial charge in [-0.1, -0.05) is 19.9 Å². The Bertz CT molecular complexity index is 466. The van der Waals surface area contributed by atoms with E-state index in [9.17, 15) is 13.6 Å². The lowest BCUT2D eigenvalue weighted by molar-refractivity contribution is -0.119. The minimum atomic E-state index is -1.12. The van der Waals surface area contributed by atoms with E-state index in [2.05, 4.69) is 5.32 Å². The molecule has 1 N–H and O–H groups in total. The molecule has 3 nitrogen and oxygen atoms in total. The Hall–Kier alpha value is -1.96. The molecule has 1 aromatic carbocycles. The average Bonchev–Trinajstić information content (AvgIpc) is 2.25. The first-order chi connectivity index (χ1) is 7.97. The van der Waals surface area contributed by atoms with Gasteiger partial charge in [0.2, 0.25) is 5.91 Å². The number of hydrogen-bond acceptors (Lipinski definition) is 2. The molecule has 0 radical (unpaired) electrons. The number of nitrogens with zero attached hydrogens (tertiary/aromatic N) is 1. The lowest BCUT2D eigenvalue weighted by Gasteiger charge is -2.13. The normalized spacial score (nSPS) is 12.0. The van der Waals surface area contributed by atoms with Gasteiger partial charge in [-0.15, -0.1) is 0 Å². The third-order valence-corrected chi connectivity index (χ3v) is 2.30. The van der Waals surface area contributed by atoms with Crippen LogP contribution in [0.4, 0.5) is 14.5 Å². The second kappa shape index (κ2) is 5.39. The molecule has 90 valence electrons. The van der Waals surface area contributed by atoms with Crippen molar-refractivity contribution in [2.75, 3.05) is 5.32 Å². The third kappa shape index (κ3) is 3.00. The molecule has 1 rings (SSSR count). The molecular weight excluding hydrogens is 226 g/mol. The summed E-state index contributed by atoms with van der Waals surface area (Å²) in [6, 6.07) is 5.30. The standard InChI is InChI=1S/C12H12F2N2O/c1-7(2)8(6-15)12(17)16-10-5-3-4-9(13)11(10)14/h3-5,7-8H,1-2H3,(H,16,17). The monoisotopic (exact) mass is 238 g/mol. The smallest absolute Gasteiger partial charge is 0.242 e. The van der Waals surface area contributed by atoms with Gasteiger partial charge in [0.1, 0.15) is 5.92 Å². The first-order valence-corrected chi connectivity index (χ1v) is 5.12. The zero-order valence-electron chi connectivity index (χ0n) is 9.50. The van der Waals surface area contributed by atoms with Gasteiger partial charge < -0.3 is 5.32 Å². The summed E-state index contributed by atoms with van der Waals surface area (Å²) in [6.07, 6.45) is 0. The second-order valence-corrected chi connectivity index (χ2v) is 3.94. The van der Waals surface area contributed by atoms with E-state index < -0.39 is 23.5 Å². The maximum absolute atomic E-state index is 13.3. The molecule has 0 bridgehead atoms. The Labute approximate surface area is 98.1 Å². The molecule has 1 amide bonds. The average molecular weight is 238 g/mol. The van der Waals surface area contributed by atoms with Crippen LogP contribution >= 0.6 is 0 Å². The van der Waals surface area contributed by atoms with Gasteiger partial charge in [-0.25, -0.2) is 8.78 Å². The van der Waals surface area contributed by atoms with Gasteiger partial charge >= 0.3 is 0 Å². The predicted molar refractivity (Wildman–Crippen MR) is 58.9 cm³/mol. The van der Waals surface area contributed by atoms with Gasteiger partial charge in [0, 0.05) is 0 Å². The van der Waals surface area contributed by atoms with Crippen molar-refractivity contribution < 1.29 is 13.6 Å². The van der Waals surface area contributed by atoms with E-state index in [-0.39, 0.29) is 11.6 Å². The zero-order chi connectivity index (χ0) is 13.0. The number of hydrogen-bond donors (Lipinski definition) is 1. The number of rotatable bonds is 3. The predicted octanol–water partition coefficient (Wildman–Crippen LogP) is 2.70. The maximum Gasteiger partial charge on any atom is 0.242 e. The molecule has 0 spiro atoms. The summed E-state index contributed by atoms with van der Waals surface area (Å²) in [4.78, 5) is 11.6. The number of carbonyl (C=O) groups is 1. The van der Waals surface area contributed by atoms with E-state index in [0.29, 0.717) is 0 Å². The summed E-state index contributed by atoms with van der Waals surface area (Å²) in [6.45, 7) is 3.41. The van der Waals surface area contributed by atoms with E-state index in [1.54, 1.807) is 13.8 Å². The molecule has 5 heteroatoms. The fourth-order valence-electron chi connectivity index (χ4n) is 1.32. The summed E-state index contributed by atoms with van der Waals surface area (Å²) in [5, 5.41) is 11.0. The Balaban J connectivity index is 2.89. The van der Waals surface area contributed by atoms with Crippen LogP contribution in [0.15, 0.2) is 18.2 Å². The van der Waals surface area contributed by atoms with Crippen LogP contribution < -0.4 is 5.32 Å². The largest absolute Gasteiger partial charge is 0.322 e. The number of benzene rings is 1. The first-order valence-electron chi connectivity index (χ1n) is 5.12. The minimum absolute atomic E-state index is 0.198. The molecule has 0 aliphatic heterocycles. The lowest BCUT2D eigenvalue weighted by Crippen LogP contribution is -2.26. The summed E-state index contributed by atoms with van der Waals surface area (Å²) in [5.41, 5.74) is -0.254. The van der Waals surface area contributed by atoms with Crippen molar-refractivity contribution in [2.45, 2.75) is 13.8 Å². The van der Waals surface area contributed by atoms with E-state index >= 15 is 0 Å². The Morgan fingerprint density at radius 2 is 2.06 bits per heavy atom. The number of nitrogens with one attached hydrogen (secondary N) is 1. The molecule has 0 saturated carbocycles. The van der Waals surface area contributed by atoms with Crippen molar-refractivity contribution in [1.82, 2.24) is 0 Å². The van der Waals surface area contributed by atoms with E-state index in [0.717, 1.165) is 6.07 Å². The Kier molecular flexibility index (Phi) is 4.16. The lowest BCUT2D eigenvalue weighted by atomic mass is 9.96. The molecule has 17 heavy (non-hydrogen) atoms. The number of anilines is 1. The fraction of sp³-hybridized carbons (Fsp3) is 0.333. The number of amides is 1. The zero-order valence-corrected chi connectivity index (χ0v) is 9.50. The van der Waals surface area contributed by atoms with Crippen molar-refractivity contribution in [3.8, 4) is 6.07 Å². The molecule has 0 saturated heterocycles. The first kappa shape index (κ1) is 13.1. The van der Waals surface area contributed by atoms with Gasteiger partial charge in [0.15, 0.2) is 11.6 Å². The van der Waals surface area contributed by atoms with Crippen LogP contribution in [0, 0.1) is 34.8 Å². The highest BCUT2D eigenvalue weighted by molar-refractivity contribution is 5.94. The number of carbonyl (C=O) groups excluding carboxylic acids is 1. The Morgan fingerprint density at radius 1 is 1.41 bits per heavy atom. The highest BCUT2D eigenvalue weighted by Crippen LogP contribution is 2.19. The summed E-state index contributed by atoms with van der Waals surface area (Å²) in [7, 11) is 0. The van der Waals surface area contributed by atoms with Crippen LogP contribution in [0.25, 0.3) is 0 Å². The molecule has 0 fully saturated rings. The van der Waals surface area contributed by atoms with Crippen LogP contribution in [0.1, 0.15) is 13.8 Å². The highest BCUT2D eigenvalue weighted by atomic mass is 19.2. The van der Waals surface area contributed by atoms with Crippen LogP contribution in [-0.2, 0) is 4.79 Å². The Morgan fingerprint density at radius 3 is 2.59 bits per heavy atom. The van der Waals surface area contributed by atoms with Gasteiger partial charge in [0.05, 0.1) is 11.8 Å². The number of halogens is 2. The van der Waals surface area contributed by atoms with Crippen LogP contribution in [-0.4, -0.2) is 5.91 Å². The summed E-state index contributed by atoms with van der Waals surface area (Å²) < 4.78 is 26.1. The van der Waals surface area contributed by atoms with Crippen molar-refractivity contribution in [1.29, 1.82) is 5.26 Å². The van der Waals surface area contributed by atoms with Crippen LogP contribution in [0.2, 0.25) is 0 Å². The van der Waals surface area contributed by atoms with Crippen LogP contribution in [0.3, 0.4) is 0 Å². The quantitative estimate of drug-likeness (QED) is 0.880. The molecule has 1 atom stereocenters. The summed E-state index contributed by atoms with van der Waals surface area (Å²) >= 11 is 0. The third-order valence-electron chi connectivity index (χ3n) is 2.30. The SMILES string of the molecule is CC(C)C(C#N)C(=O)Nc1cccc(F)c1F. The van der Waals surface area contributed by atoms with Gasteiger partial charge in [-0.3, -0.25) is 4.79 Å². The van der Waals surface area contributed by atoms with Gasteiger partial charge in [0.25, 0.3) is 0 Å². The molecule has 0 aliphatic rings. The molecular formula is C12H12F2N2O. The second-order valence-electron chi connectivity index (χ2n) is 3.94. The van der Waals surface area contributed by atoms with Crippen molar-refractivity contribution in [3.05, 3.63) is 29.8 Å². The molecule has 0 heterocycles. The molecule has 1 unspecified atom stereocenters. The van der Waals surface area contributed by atoms with E-state index in [1.165, 1.54) is 12.1 Å².